The highest BCUT2D eigenvalue weighted by atomic mass is 32.2. The van der Waals surface area contributed by atoms with Crippen molar-refractivity contribution in [2.24, 2.45) is 51.1 Å². The number of benzene rings is 10. The van der Waals surface area contributed by atoms with Crippen molar-refractivity contribution in [3.8, 4) is 28.7 Å². The monoisotopic (exact) mass is 1600 g/mol. The summed E-state index contributed by atoms with van der Waals surface area (Å²) >= 11 is 0. The molecule has 0 heterocycles. The van der Waals surface area contributed by atoms with Crippen molar-refractivity contribution in [2.75, 3.05) is 18.1 Å². The largest absolute Gasteiger partial charge is 0.507 e. The number of hydrogen-bond donors (Lipinski definition) is 13. The molecule has 0 amide bonds. The van der Waals surface area contributed by atoms with Gasteiger partial charge in [-0.2, -0.15) is 77.6 Å². The first-order valence-electron chi connectivity index (χ1n) is 28.3. The lowest BCUT2D eigenvalue weighted by Gasteiger charge is -2.14. The Labute approximate surface area is 590 Å². The van der Waals surface area contributed by atoms with E-state index in [1.165, 1.54) is 19.9 Å². The summed E-state index contributed by atoms with van der Waals surface area (Å²) in [6, 6.07) is 17.1. The van der Waals surface area contributed by atoms with Gasteiger partial charge in [-0.25, -0.2) is 0 Å². The van der Waals surface area contributed by atoms with E-state index >= 15 is 0 Å². The maximum atomic E-state index is 13.4. The number of hydrogen-bond acceptors (Lipinski definition) is 32. The van der Waals surface area contributed by atoms with Crippen LogP contribution in [0.3, 0.4) is 0 Å². The molecule has 10 aromatic rings. The molecule has 0 saturated heterocycles. The molecule has 40 nitrogen and oxygen atoms in total. The van der Waals surface area contributed by atoms with Gasteiger partial charge >= 0.3 is 0 Å². The Hall–Kier alpha value is -10.7. The van der Waals surface area contributed by atoms with E-state index in [2.05, 4.69) is 51.1 Å². The van der Waals surface area contributed by atoms with Gasteiger partial charge in [-0.15, -0.1) is 40.9 Å². The second kappa shape index (κ2) is 27.7. The minimum Gasteiger partial charge on any atom is -0.507 e. The van der Waals surface area contributed by atoms with Crippen molar-refractivity contribution in [1.29, 1.82) is 0 Å². The summed E-state index contributed by atoms with van der Waals surface area (Å²) in [7, 11) is -41.9. The number of fused-ring (bicyclic) bond motifs is 4. The van der Waals surface area contributed by atoms with Gasteiger partial charge in [0.2, 0.25) is 0 Å². The third-order valence-corrected chi connectivity index (χ3v) is 21.8. The van der Waals surface area contributed by atoms with E-state index in [0.29, 0.717) is 29.8 Å². The number of azo groups is 5. The predicted octanol–water partition coefficient (Wildman–Crippen LogP) is 11.8. The lowest BCUT2D eigenvalue weighted by molar-refractivity contribution is 0.317. The van der Waals surface area contributed by atoms with Crippen molar-refractivity contribution >= 4 is 187 Å². The second-order valence-electron chi connectivity index (χ2n) is 22.1. The molecular formula is C57H45N11O29S8. The van der Waals surface area contributed by atoms with Gasteiger partial charge in [0, 0.05) is 39.1 Å². The van der Waals surface area contributed by atoms with Gasteiger partial charge in [-0.3, -0.25) is 36.4 Å². The zero-order chi connectivity index (χ0) is 77.4. The highest BCUT2D eigenvalue weighted by molar-refractivity contribution is 7.87. The molecule has 0 bridgehead atoms. The summed E-state index contributed by atoms with van der Waals surface area (Å²) in [4.78, 5) is -7.65. The van der Waals surface area contributed by atoms with Crippen molar-refractivity contribution in [1.82, 2.24) is 0 Å². The Bertz CT molecular complexity index is 6620. The predicted molar refractivity (Wildman–Crippen MR) is 365 cm³/mol. The highest BCUT2D eigenvalue weighted by Crippen LogP contribution is 2.51. The molecule has 0 atom stereocenters. The van der Waals surface area contributed by atoms with Crippen LogP contribution in [0.25, 0.3) is 43.1 Å². The number of anilines is 1. The van der Waals surface area contributed by atoms with Crippen molar-refractivity contribution in [2.45, 2.75) is 54.5 Å². The van der Waals surface area contributed by atoms with E-state index in [4.69, 9.17) is 10.5 Å². The van der Waals surface area contributed by atoms with E-state index in [9.17, 15) is 124 Å². The lowest BCUT2D eigenvalue weighted by atomic mass is 10.1. The maximum absolute atomic E-state index is 13.4. The summed E-state index contributed by atoms with van der Waals surface area (Å²) in [6.07, 6.45) is -0.424. The zero-order valence-electron chi connectivity index (χ0n) is 52.2. The molecule has 550 valence electrons. The topological polar surface area (TPSA) is 675 Å². The Morgan fingerprint density at radius 3 is 1.42 bits per heavy atom. The maximum Gasteiger partial charge on any atom is 0.297 e. The smallest absolute Gasteiger partial charge is 0.297 e. The van der Waals surface area contributed by atoms with E-state index in [0.717, 1.165) is 84.9 Å². The fourth-order valence-corrected chi connectivity index (χ4v) is 15.2. The number of nitrogen functional groups attached to an aromatic ring is 1. The summed E-state index contributed by atoms with van der Waals surface area (Å²) in [5.74, 6) is -5.53. The van der Waals surface area contributed by atoms with Gasteiger partial charge in [0.05, 0.1) is 50.3 Å². The molecule has 0 aliphatic carbocycles. The SMILES string of the molecule is Cc1ccc(N=Nc2c(S(=O)(=O)O)cc3cc(N=Nc4c(S(=O)(=O)O)cc5c(N=Nc6ccc7c(O)c(N=Nc8cc(C)c(N=Nc9cc(S(=O)(=O)O)cc%10cc(S(=O)(=O)O)cc(O)c9%10)cc8OCCCS(=O)(=O)O)c(S(=O)(=O)O)cc7c6S(=O)(=O)O)c(N)ccc5c4O)ccc3c2O)c(S(=O)(=O)O)c1. The number of nitrogens with two attached hydrogens (primary N) is 1. The van der Waals surface area contributed by atoms with Crippen LogP contribution in [-0.4, -0.2) is 137 Å². The van der Waals surface area contributed by atoms with Crippen molar-refractivity contribution in [3.63, 3.8) is 0 Å². The third-order valence-electron chi connectivity index (χ3n) is 14.9. The van der Waals surface area contributed by atoms with Crippen LogP contribution in [0.4, 0.5) is 62.6 Å². The van der Waals surface area contributed by atoms with Crippen LogP contribution in [0.5, 0.6) is 28.7 Å². The first-order chi connectivity index (χ1) is 48.5. The minimum atomic E-state index is -5.71. The first-order valence-corrected chi connectivity index (χ1v) is 39.9. The molecule has 0 unspecified atom stereocenters. The zero-order valence-corrected chi connectivity index (χ0v) is 58.7. The number of aromatic hydroxyl groups is 4. The van der Waals surface area contributed by atoms with Gasteiger partial charge in [0.25, 0.3) is 80.9 Å². The number of phenolic OH excluding ortho intramolecular Hbond substituents is 4. The number of nitrogens with zero attached hydrogens (tertiary/aromatic N) is 10. The second-order valence-corrected chi connectivity index (χ2v) is 33.4. The first kappa shape index (κ1) is 76.9. The molecule has 0 spiro atoms. The van der Waals surface area contributed by atoms with Crippen LogP contribution < -0.4 is 10.5 Å². The lowest BCUT2D eigenvalue weighted by Crippen LogP contribution is -2.08. The molecule has 10 rings (SSSR count). The standard InChI is InChI=1S/C57H45N11O29S8/c1-25-4-10-38(45(14-25)101(82,83)84)60-67-51-46(102(85,86)87)19-27-16-29(5-6-32(27)54(51)70)59-66-52-47(103(88,89)90)22-35-33(55(52)71)7-9-37(58)50(35)65-61-39-11-8-34-36(57(39)105(94,95)96)23-48(104(91,92)93)53(56(34)72)68-63-41-15-26(2)40(24-44(41)97-12-3-13-98(73,74)75)62-64-42-20-30(99(76,77)78)17-28-18-31(100(79,80)81)21-43(69)49(28)42/h4-11,14-24,69-72H,3,12-13,58H2,1-2H3,(H,73,74,75)(H,76,77,78)(H,79,80,81)(H,82,83,84)(H,85,86,87)(H,88,89,90)(H,91,92,93)(H,94,95,96). The Kier molecular flexibility index (Phi) is 20.3. The van der Waals surface area contributed by atoms with Crippen LogP contribution in [0.1, 0.15) is 17.5 Å². The Morgan fingerprint density at radius 2 is 0.848 bits per heavy atom. The highest BCUT2D eigenvalue weighted by Gasteiger charge is 2.31. The Morgan fingerprint density at radius 1 is 0.371 bits per heavy atom. The molecule has 105 heavy (non-hydrogen) atoms. The van der Waals surface area contributed by atoms with Gasteiger partial charge < -0.3 is 30.9 Å². The van der Waals surface area contributed by atoms with Crippen LogP contribution in [0.15, 0.2) is 201 Å². The Balaban J connectivity index is 1.03. The molecule has 0 radical (unpaired) electrons. The molecule has 0 aliphatic rings. The molecule has 48 heteroatoms. The molecule has 14 N–H and O–H groups in total. The van der Waals surface area contributed by atoms with E-state index < -0.39 is 241 Å². The number of rotatable bonds is 22. The van der Waals surface area contributed by atoms with Gasteiger partial charge in [-0.1, -0.05) is 6.07 Å². The van der Waals surface area contributed by atoms with Crippen molar-refractivity contribution in [3.05, 3.63) is 126 Å². The molecule has 0 aromatic heterocycles. The molecule has 0 fully saturated rings. The minimum absolute atomic E-state index is 0.0202. The van der Waals surface area contributed by atoms with Gasteiger partial charge in [-0.05, 0) is 139 Å². The normalized spacial score (nSPS) is 13.4. The van der Waals surface area contributed by atoms with Gasteiger partial charge in [0.1, 0.15) is 75.8 Å². The summed E-state index contributed by atoms with van der Waals surface area (Å²) < 4.78 is 287. The molecular weight excluding hydrogens is 1560 g/mol. The van der Waals surface area contributed by atoms with Crippen LogP contribution in [0, 0.1) is 13.8 Å². The summed E-state index contributed by atoms with van der Waals surface area (Å²) in [5, 5.41) is 80.4. The van der Waals surface area contributed by atoms with Crippen LogP contribution >= 0.6 is 0 Å². The molecule has 10 aromatic carbocycles. The van der Waals surface area contributed by atoms with E-state index in [1.807, 2.05) is 0 Å². The van der Waals surface area contributed by atoms with Crippen LogP contribution in [-0.2, 0) is 80.9 Å². The third kappa shape index (κ3) is 16.6. The fourth-order valence-electron chi connectivity index (χ4n) is 10.2. The average Bonchev–Trinajstić information content (AvgIpc) is 0.752. The van der Waals surface area contributed by atoms with E-state index in [-0.39, 0.29) is 33.1 Å². The van der Waals surface area contributed by atoms with Crippen molar-refractivity contribution < 1.29 is 129 Å². The molecule has 0 saturated carbocycles. The number of ether oxygens (including phenoxy) is 1. The van der Waals surface area contributed by atoms with Gasteiger partial charge in [0.15, 0.2) is 17.2 Å². The number of phenols is 4. The average molecular weight is 1600 g/mol. The fraction of sp³-hybridized carbons (Fsp3) is 0.0877. The molecule has 0 aliphatic heterocycles. The number of aryl methyl sites for hydroxylation is 2. The quantitative estimate of drug-likeness (QED) is 0.0130. The summed E-state index contributed by atoms with van der Waals surface area (Å²) in [5.41, 5.74) is -0.433. The summed E-state index contributed by atoms with van der Waals surface area (Å²) in [6.45, 7) is 2.23. The van der Waals surface area contributed by atoms with E-state index in [1.54, 1.807) is 0 Å². The van der Waals surface area contributed by atoms with Crippen LogP contribution in [0.2, 0.25) is 0 Å².